The highest BCUT2D eigenvalue weighted by Gasteiger charge is 2.18. The van der Waals surface area contributed by atoms with Crippen molar-refractivity contribution in [1.29, 1.82) is 0 Å². The number of aryl methyl sites for hydroxylation is 2. The van der Waals surface area contributed by atoms with Gasteiger partial charge in [0.05, 0.1) is 6.10 Å². The number of hydrogen-bond acceptors (Lipinski definition) is 3. The normalized spacial score (nSPS) is 18.3. The number of phenols is 1. The first-order valence-electron chi connectivity index (χ1n) is 7.18. The van der Waals surface area contributed by atoms with Gasteiger partial charge in [-0.1, -0.05) is 19.3 Å². The van der Waals surface area contributed by atoms with Gasteiger partial charge in [0.2, 0.25) is 0 Å². The van der Waals surface area contributed by atoms with Gasteiger partial charge in [0, 0.05) is 0 Å². The second kappa shape index (κ2) is 6.29. The second-order valence-electron chi connectivity index (χ2n) is 5.49. The minimum atomic E-state index is -0.245. The number of ether oxygens (including phenoxy) is 2. The Morgan fingerprint density at radius 3 is 2.47 bits per heavy atom. The molecular weight excluding hydrogens is 240 g/mol. The molecule has 1 atom stereocenters. The van der Waals surface area contributed by atoms with Gasteiger partial charge < -0.3 is 14.6 Å². The Bertz CT molecular complexity index is 422. The van der Waals surface area contributed by atoms with Crippen LogP contribution in [0.15, 0.2) is 12.1 Å². The van der Waals surface area contributed by atoms with Crippen molar-refractivity contribution in [2.75, 3.05) is 0 Å². The minimum Gasteiger partial charge on any atom is -0.508 e. The molecule has 1 fully saturated rings. The first kappa shape index (κ1) is 14.2. The van der Waals surface area contributed by atoms with Crippen molar-refractivity contribution in [3.63, 3.8) is 0 Å². The van der Waals surface area contributed by atoms with Crippen LogP contribution in [-0.2, 0) is 4.74 Å². The molecular formula is C16H24O3. The lowest BCUT2D eigenvalue weighted by Gasteiger charge is -2.26. The molecule has 1 aromatic carbocycles. The molecule has 3 nitrogen and oxygen atoms in total. The van der Waals surface area contributed by atoms with Crippen molar-refractivity contribution in [3.05, 3.63) is 23.3 Å². The summed E-state index contributed by atoms with van der Waals surface area (Å²) in [6.45, 7) is 5.74. The summed E-state index contributed by atoms with van der Waals surface area (Å²) in [6.07, 6.45) is 6.21. The van der Waals surface area contributed by atoms with E-state index in [-0.39, 0.29) is 6.29 Å². The zero-order chi connectivity index (χ0) is 13.8. The van der Waals surface area contributed by atoms with Crippen LogP contribution in [0.4, 0.5) is 0 Å². The van der Waals surface area contributed by atoms with E-state index in [1.807, 2.05) is 26.8 Å². The van der Waals surface area contributed by atoms with Gasteiger partial charge in [-0.15, -0.1) is 0 Å². The molecule has 0 aromatic heterocycles. The van der Waals surface area contributed by atoms with Crippen LogP contribution in [0.1, 0.15) is 50.2 Å². The highest BCUT2D eigenvalue weighted by atomic mass is 16.7. The molecule has 3 heteroatoms. The standard InChI is InChI=1S/C16H24O3/c1-11-10-16(12(2)9-15(11)17)19-13(3)18-14-7-5-4-6-8-14/h9-10,13-14,17H,4-8H2,1-3H3. The molecule has 0 amide bonds. The quantitative estimate of drug-likeness (QED) is 0.833. The molecule has 19 heavy (non-hydrogen) atoms. The second-order valence-corrected chi connectivity index (χ2v) is 5.49. The van der Waals surface area contributed by atoms with E-state index >= 15 is 0 Å². The molecule has 0 radical (unpaired) electrons. The van der Waals surface area contributed by atoms with Crippen LogP contribution in [0.2, 0.25) is 0 Å². The Balaban J connectivity index is 1.94. The first-order valence-corrected chi connectivity index (χ1v) is 7.18. The average molecular weight is 264 g/mol. The highest BCUT2D eigenvalue weighted by Crippen LogP contribution is 2.28. The lowest BCUT2D eigenvalue weighted by Crippen LogP contribution is -2.26. The van der Waals surface area contributed by atoms with Crippen molar-refractivity contribution < 1.29 is 14.6 Å². The van der Waals surface area contributed by atoms with Gasteiger partial charge in [0.15, 0.2) is 6.29 Å². The summed E-state index contributed by atoms with van der Waals surface area (Å²) in [4.78, 5) is 0. The fourth-order valence-electron chi connectivity index (χ4n) is 2.58. The number of phenolic OH excluding ortho intramolecular Hbond substituents is 1. The van der Waals surface area contributed by atoms with Crippen LogP contribution < -0.4 is 4.74 Å². The Labute approximate surface area is 115 Å². The minimum absolute atomic E-state index is 0.245. The van der Waals surface area contributed by atoms with E-state index in [4.69, 9.17) is 9.47 Å². The predicted molar refractivity (Wildman–Crippen MR) is 75.6 cm³/mol. The first-order chi connectivity index (χ1) is 9.06. The number of benzene rings is 1. The third kappa shape index (κ3) is 3.87. The maximum Gasteiger partial charge on any atom is 0.197 e. The summed E-state index contributed by atoms with van der Waals surface area (Å²) in [5, 5.41) is 9.63. The van der Waals surface area contributed by atoms with Gasteiger partial charge in [0.1, 0.15) is 11.5 Å². The number of aromatic hydroxyl groups is 1. The molecule has 1 saturated carbocycles. The van der Waals surface area contributed by atoms with Crippen LogP contribution in [0.25, 0.3) is 0 Å². The van der Waals surface area contributed by atoms with Crippen LogP contribution in [0.5, 0.6) is 11.5 Å². The van der Waals surface area contributed by atoms with Crippen LogP contribution in [0.3, 0.4) is 0 Å². The molecule has 1 aliphatic carbocycles. The summed E-state index contributed by atoms with van der Waals surface area (Å²) in [6, 6.07) is 3.60. The summed E-state index contributed by atoms with van der Waals surface area (Å²) in [7, 11) is 0. The van der Waals surface area contributed by atoms with Crippen LogP contribution >= 0.6 is 0 Å². The lowest BCUT2D eigenvalue weighted by molar-refractivity contribution is -0.117. The fourth-order valence-corrected chi connectivity index (χ4v) is 2.58. The Morgan fingerprint density at radius 1 is 1.11 bits per heavy atom. The predicted octanol–water partition coefficient (Wildman–Crippen LogP) is 4.08. The van der Waals surface area contributed by atoms with Crippen molar-refractivity contribution in [3.8, 4) is 11.5 Å². The van der Waals surface area contributed by atoms with Gasteiger partial charge in [-0.3, -0.25) is 0 Å². The van der Waals surface area contributed by atoms with Crippen molar-refractivity contribution >= 4 is 0 Å². The highest BCUT2D eigenvalue weighted by molar-refractivity contribution is 5.44. The zero-order valence-corrected chi connectivity index (χ0v) is 12.1. The van der Waals surface area contributed by atoms with Gasteiger partial charge >= 0.3 is 0 Å². The van der Waals surface area contributed by atoms with Crippen LogP contribution in [0, 0.1) is 13.8 Å². The van der Waals surface area contributed by atoms with E-state index in [9.17, 15) is 5.11 Å². The summed E-state index contributed by atoms with van der Waals surface area (Å²) in [5.74, 6) is 1.10. The molecule has 0 saturated heterocycles. The molecule has 106 valence electrons. The molecule has 0 aliphatic heterocycles. The topological polar surface area (TPSA) is 38.7 Å². The smallest absolute Gasteiger partial charge is 0.197 e. The lowest BCUT2D eigenvalue weighted by atomic mass is 9.98. The van der Waals surface area contributed by atoms with Crippen LogP contribution in [-0.4, -0.2) is 17.5 Å². The average Bonchev–Trinajstić information content (AvgIpc) is 2.37. The molecule has 1 aromatic rings. The monoisotopic (exact) mass is 264 g/mol. The Morgan fingerprint density at radius 2 is 1.79 bits per heavy atom. The van der Waals surface area contributed by atoms with Crippen molar-refractivity contribution in [1.82, 2.24) is 0 Å². The largest absolute Gasteiger partial charge is 0.508 e. The van der Waals surface area contributed by atoms with E-state index < -0.39 is 0 Å². The van der Waals surface area contributed by atoms with Crippen molar-refractivity contribution in [2.24, 2.45) is 0 Å². The van der Waals surface area contributed by atoms with E-state index in [0.29, 0.717) is 11.9 Å². The molecule has 1 aliphatic rings. The molecule has 0 spiro atoms. The summed E-state index contributed by atoms with van der Waals surface area (Å²) in [5.41, 5.74) is 1.76. The zero-order valence-electron chi connectivity index (χ0n) is 12.1. The summed E-state index contributed by atoms with van der Waals surface area (Å²) >= 11 is 0. The molecule has 1 N–H and O–H groups in total. The third-order valence-electron chi connectivity index (χ3n) is 3.72. The van der Waals surface area contributed by atoms with Crippen molar-refractivity contribution in [2.45, 2.75) is 65.3 Å². The Hall–Kier alpha value is -1.22. The maximum atomic E-state index is 9.63. The molecule has 0 heterocycles. The number of hydrogen-bond donors (Lipinski definition) is 1. The third-order valence-corrected chi connectivity index (χ3v) is 3.72. The Kier molecular flexibility index (Phi) is 4.70. The SMILES string of the molecule is Cc1cc(OC(C)OC2CCCCC2)c(C)cc1O. The van der Waals surface area contributed by atoms with E-state index in [1.54, 1.807) is 6.07 Å². The van der Waals surface area contributed by atoms with Gasteiger partial charge in [-0.25, -0.2) is 0 Å². The molecule has 1 unspecified atom stereocenters. The fraction of sp³-hybridized carbons (Fsp3) is 0.625. The van der Waals surface area contributed by atoms with Gasteiger partial charge in [-0.05, 0) is 56.9 Å². The van der Waals surface area contributed by atoms with E-state index in [1.165, 1.54) is 19.3 Å². The molecule has 0 bridgehead atoms. The molecule has 2 rings (SSSR count). The van der Waals surface area contributed by atoms with Gasteiger partial charge in [-0.2, -0.15) is 0 Å². The maximum absolute atomic E-state index is 9.63. The van der Waals surface area contributed by atoms with E-state index in [0.717, 1.165) is 29.7 Å². The van der Waals surface area contributed by atoms with Gasteiger partial charge in [0.25, 0.3) is 0 Å². The van der Waals surface area contributed by atoms with E-state index in [2.05, 4.69) is 0 Å². The summed E-state index contributed by atoms with van der Waals surface area (Å²) < 4.78 is 11.8. The number of rotatable bonds is 4.